The third-order valence-corrected chi connectivity index (χ3v) is 7.84. The smallest absolute Gasteiger partial charge is 0.478 e. The number of hydrogen-bond donors (Lipinski definition) is 2. The highest BCUT2D eigenvalue weighted by molar-refractivity contribution is 5.89. The Morgan fingerprint density at radius 1 is 1.10 bits per heavy atom. The zero-order valence-electron chi connectivity index (χ0n) is 21.3. The van der Waals surface area contributed by atoms with Gasteiger partial charge in [0.2, 0.25) is 0 Å². The molecular formula is C27H24F6N4O4. The molecule has 14 heteroatoms. The molecule has 4 heterocycles. The molecule has 2 bridgehead atoms. The number of fused-ring (bicyclic) bond motifs is 2. The molecule has 2 aromatic heterocycles. The molecule has 2 atom stereocenters. The minimum atomic E-state index is -4.88. The normalized spacial score (nSPS) is 22.4. The van der Waals surface area contributed by atoms with Crippen LogP contribution >= 0.6 is 0 Å². The molecule has 2 unspecified atom stereocenters. The molecule has 2 N–H and O–H groups in total. The van der Waals surface area contributed by atoms with Crippen LogP contribution in [0.25, 0.3) is 11.3 Å². The topological polar surface area (TPSA) is 101 Å². The van der Waals surface area contributed by atoms with Crippen molar-refractivity contribution in [2.45, 2.75) is 75.2 Å². The van der Waals surface area contributed by atoms with E-state index in [1.165, 1.54) is 18.2 Å². The third-order valence-electron chi connectivity index (χ3n) is 7.84. The summed E-state index contributed by atoms with van der Waals surface area (Å²) in [6.07, 6.45) is -5.25. The van der Waals surface area contributed by atoms with Gasteiger partial charge in [-0.1, -0.05) is 17.3 Å². The van der Waals surface area contributed by atoms with Crippen molar-refractivity contribution in [2.75, 3.05) is 4.90 Å². The van der Waals surface area contributed by atoms with Crippen LogP contribution in [0.4, 0.5) is 32.2 Å². The highest BCUT2D eigenvalue weighted by Crippen LogP contribution is 2.46. The Hall–Kier alpha value is -3.81. The number of nitrogens with one attached hydrogen (secondary N) is 1. The molecule has 0 amide bonds. The average Bonchev–Trinajstić information content (AvgIpc) is 3.65. The van der Waals surface area contributed by atoms with E-state index in [2.05, 4.69) is 20.2 Å². The van der Waals surface area contributed by atoms with Crippen LogP contribution in [0.5, 0.6) is 5.75 Å². The Balaban J connectivity index is 1.18. The molecule has 2 saturated heterocycles. The van der Waals surface area contributed by atoms with Crippen LogP contribution in [0.2, 0.25) is 0 Å². The van der Waals surface area contributed by atoms with E-state index < -0.39 is 29.6 Å². The van der Waals surface area contributed by atoms with Crippen molar-refractivity contribution in [1.82, 2.24) is 15.5 Å². The molecule has 4 fully saturated rings. The number of pyridine rings is 1. The number of benzene rings is 1. The van der Waals surface area contributed by atoms with Crippen molar-refractivity contribution >= 4 is 11.8 Å². The van der Waals surface area contributed by atoms with Gasteiger partial charge >= 0.3 is 18.5 Å². The second-order valence-corrected chi connectivity index (χ2v) is 10.6. The molecular weight excluding hydrogens is 558 g/mol. The Morgan fingerprint density at radius 3 is 2.44 bits per heavy atom. The molecule has 8 nitrogen and oxygen atoms in total. The van der Waals surface area contributed by atoms with Crippen LogP contribution in [0, 0.1) is 0 Å². The van der Waals surface area contributed by atoms with Gasteiger partial charge in [-0.25, -0.2) is 9.78 Å². The van der Waals surface area contributed by atoms with E-state index in [1.807, 2.05) is 0 Å². The Labute approximate surface area is 229 Å². The van der Waals surface area contributed by atoms with Crippen molar-refractivity contribution in [3.63, 3.8) is 0 Å². The number of aromatic nitrogens is 2. The first kappa shape index (κ1) is 27.4. The maximum Gasteiger partial charge on any atom is 0.573 e. The number of aromatic carboxylic acids is 1. The number of halogens is 6. The first-order chi connectivity index (χ1) is 19.4. The van der Waals surface area contributed by atoms with Gasteiger partial charge in [-0.2, -0.15) is 13.2 Å². The summed E-state index contributed by atoms with van der Waals surface area (Å²) in [5, 5.41) is 16.7. The highest BCUT2D eigenvalue weighted by Gasteiger charge is 2.47. The second kappa shape index (κ2) is 9.93. The Bertz CT molecular complexity index is 1460. The number of carboxylic acid groups (broad SMARTS) is 1. The Kier molecular flexibility index (Phi) is 6.63. The predicted molar refractivity (Wildman–Crippen MR) is 131 cm³/mol. The van der Waals surface area contributed by atoms with Crippen LogP contribution in [-0.2, 0) is 12.7 Å². The summed E-state index contributed by atoms with van der Waals surface area (Å²) in [6, 6.07) is 6.31. The number of piperidine rings is 1. The lowest BCUT2D eigenvalue weighted by Crippen LogP contribution is -2.64. The number of rotatable bonds is 8. The third kappa shape index (κ3) is 5.44. The summed E-state index contributed by atoms with van der Waals surface area (Å²) in [5.41, 5.74) is -1.06. The summed E-state index contributed by atoms with van der Waals surface area (Å²) in [5.74, 6) is -1.23. The largest absolute Gasteiger partial charge is 0.573 e. The van der Waals surface area contributed by atoms with E-state index in [-0.39, 0.29) is 53.4 Å². The highest BCUT2D eigenvalue weighted by atomic mass is 19.4. The standard InChI is InChI=1S/C27H24F6N4O4/c28-26(29,30)20-10-22(35-11-18(20)25(38)39)37-15-7-14(8-16(37)9-15)34-12-19-23(36-41-24(19)13-5-6-13)17-3-1-2-4-21(17)40-27(31,32)33/h1-4,10-11,13-16,34H,5-9,12H2,(H,38,39). The summed E-state index contributed by atoms with van der Waals surface area (Å²) in [6.45, 7) is 0.277. The van der Waals surface area contributed by atoms with Gasteiger partial charge in [-0.05, 0) is 50.3 Å². The summed E-state index contributed by atoms with van der Waals surface area (Å²) in [7, 11) is 0. The molecule has 4 aliphatic rings. The fourth-order valence-electron chi connectivity index (χ4n) is 5.90. The van der Waals surface area contributed by atoms with Crippen molar-refractivity contribution in [1.29, 1.82) is 0 Å². The number of carboxylic acids is 1. The molecule has 41 heavy (non-hydrogen) atoms. The van der Waals surface area contributed by atoms with Gasteiger partial charge in [-0.15, -0.1) is 13.2 Å². The van der Waals surface area contributed by atoms with Gasteiger partial charge in [0.05, 0.1) is 11.1 Å². The molecule has 2 aliphatic heterocycles. The van der Waals surface area contributed by atoms with E-state index >= 15 is 0 Å². The predicted octanol–water partition coefficient (Wildman–Crippen LogP) is 6.13. The van der Waals surface area contributed by atoms with E-state index in [1.54, 1.807) is 11.0 Å². The maximum atomic E-state index is 13.5. The number of hydrogen-bond acceptors (Lipinski definition) is 7. The fourth-order valence-corrected chi connectivity index (χ4v) is 5.90. The van der Waals surface area contributed by atoms with Crippen LogP contribution in [-0.4, -0.2) is 45.7 Å². The van der Waals surface area contributed by atoms with Crippen LogP contribution in [0.1, 0.15) is 65.3 Å². The zero-order chi connectivity index (χ0) is 29.1. The SMILES string of the molecule is O=C(O)c1cnc(N2C3CC(NCc4c(-c5ccccc5OC(F)(F)F)noc4C4CC4)CC2C3)cc1C(F)(F)F. The molecule has 1 aromatic carbocycles. The Morgan fingerprint density at radius 2 is 1.80 bits per heavy atom. The van der Waals surface area contributed by atoms with E-state index in [0.717, 1.165) is 31.5 Å². The minimum absolute atomic E-state index is 0.0214. The number of nitrogens with zero attached hydrogens (tertiary/aromatic N) is 3. The maximum absolute atomic E-state index is 13.5. The molecule has 218 valence electrons. The monoisotopic (exact) mass is 582 g/mol. The first-order valence-corrected chi connectivity index (χ1v) is 13.0. The fraction of sp³-hybridized carbons (Fsp3) is 0.444. The van der Waals surface area contributed by atoms with Gasteiger partial charge in [0, 0.05) is 47.9 Å². The molecule has 2 aliphatic carbocycles. The van der Waals surface area contributed by atoms with Gasteiger partial charge < -0.3 is 24.6 Å². The molecule has 3 aromatic rings. The van der Waals surface area contributed by atoms with E-state index in [0.29, 0.717) is 24.2 Å². The molecule has 0 spiro atoms. The van der Waals surface area contributed by atoms with Crippen molar-refractivity contribution in [3.8, 4) is 17.0 Å². The number of ether oxygens (including phenoxy) is 1. The summed E-state index contributed by atoms with van der Waals surface area (Å²) < 4.78 is 89.5. The number of carbonyl (C=O) groups is 1. The lowest BCUT2D eigenvalue weighted by Gasteiger charge is -2.56. The first-order valence-electron chi connectivity index (χ1n) is 13.0. The number of para-hydroxylation sites is 1. The average molecular weight is 583 g/mol. The number of alkyl halides is 6. The molecule has 0 radical (unpaired) electrons. The lowest BCUT2D eigenvalue weighted by molar-refractivity contribution is -0.274. The summed E-state index contributed by atoms with van der Waals surface area (Å²) in [4.78, 5) is 17.1. The van der Waals surface area contributed by atoms with Crippen molar-refractivity contribution in [2.24, 2.45) is 0 Å². The molecule has 7 rings (SSSR count). The van der Waals surface area contributed by atoms with Gasteiger partial charge in [0.1, 0.15) is 23.0 Å². The second-order valence-electron chi connectivity index (χ2n) is 10.6. The quantitative estimate of drug-likeness (QED) is 0.306. The van der Waals surface area contributed by atoms with Gasteiger partial charge in [0.25, 0.3) is 0 Å². The summed E-state index contributed by atoms with van der Waals surface area (Å²) >= 11 is 0. The van der Waals surface area contributed by atoms with E-state index in [9.17, 15) is 31.1 Å². The minimum Gasteiger partial charge on any atom is -0.478 e. The van der Waals surface area contributed by atoms with Gasteiger partial charge in [-0.3, -0.25) is 0 Å². The zero-order valence-corrected chi connectivity index (χ0v) is 21.3. The number of anilines is 1. The van der Waals surface area contributed by atoms with Crippen molar-refractivity contribution < 1.29 is 45.5 Å². The van der Waals surface area contributed by atoms with Crippen LogP contribution in [0.3, 0.4) is 0 Å². The van der Waals surface area contributed by atoms with Crippen molar-refractivity contribution in [3.05, 3.63) is 59.0 Å². The lowest BCUT2D eigenvalue weighted by atomic mass is 9.76. The molecule has 2 saturated carbocycles. The van der Waals surface area contributed by atoms with Crippen LogP contribution in [0.15, 0.2) is 41.1 Å². The van der Waals surface area contributed by atoms with Gasteiger partial charge in [0.15, 0.2) is 0 Å². The van der Waals surface area contributed by atoms with E-state index in [4.69, 9.17) is 9.63 Å². The van der Waals surface area contributed by atoms with Crippen LogP contribution < -0.4 is 15.0 Å².